The van der Waals surface area contributed by atoms with Gasteiger partial charge in [-0.05, 0) is 48.7 Å². The Morgan fingerprint density at radius 1 is 0.741 bits per heavy atom. The van der Waals surface area contributed by atoms with Crippen LogP contribution in [0.4, 0.5) is 17.5 Å². The number of hydrogen-bond donors (Lipinski definition) is 2. The maximum Gasteiger partial charge on any atom is 0.225 e. The summed E-state index contributed by atoms with van der Waals surface area (Å²) in [5.74, 6) is 1.43. The zero-order valence-corrected chi connectivity index (χ0v) is 15.5. The highest BCUT2D eigenvalue weighted by Gasteiger charge is 2.09. The fourth-order valence-electron chi connectivity index (χ4n) is 3.07. The minimum atomic E-state index is 0.619. The fourth-order valence-corrected chi connectivity index (χ4v) is 3.07. The first-order valence-corrected chi connectivity index (χ1v) is 9.08. The monoisotopic (exact) mass is 354 g/mol. The quantitative estimate of drug-likeness (QED) is 0.489. The van der Waals surface area contributed by atoms with Crippen LogP contribution in [-0.4, -0.2) is 9.97 Å². The maximum absolute atomic E-state index is 4.75. The van der Waals surface area contributed by atoms with Crippen LogP contribution in [0.1, 0.15) is 16.7 Å². The van der Waals surface area contributed by atoms with Crippen LogP contribution in [0, 0.1) is 13.8 Å². The van der Waals surface area contributed by atoms with E-state index in [1.807, 2.05) is 36.4 Å². The molecule has 0 aliphatic carbocycles. The summed E-state index contributed by atoms with van der Waals surface area (Å²) >= 11 is 0. The third-order valence-corrected chi connectivity index (χ3v) is 4.70. The lowest BCUT2D eigenvalue weighted by atomic mass is 10.1. The van der Waals surface area contributed by atoms with E-state index in [0.29, 0.717) is 12.5 Å². The van der Waals surface area contributed by atoms with Crippen molar-refractivity contribution in [2.75, 3.05) is 10.6 Å². The fraction of sp³-hybridized carbons (Fsp3) is 0.130. The van der Waals surface area contributed by atoms with Crippen LogP contribution in [-0.2, 0) is 6.54 Å². The summed E-state index contributed by atoms with van der Waals surface area (Å²) in [4.78, 5) is 9.43. The van der Waals surface area contributed by atoms with Crippen molar-refractivity contribution in [3.8, 4) is 0 Å². The average Bonchev–Trinajstić information content (AvgIpc) is 2.69. The van der Waals surface area contributed by atoms with Crippen LogP contribution in [0.25, 0.3) is 10.9 Å². The second-order valence-electron chi connectivity index (χ2n) is 6.63. The van der Waals surface area contributed by atoms with Gasteiger partial charge in [0, 0.05) is 17.6 Å². The Morgan fingerprint density at radius 2 is 1.44 bits per heavy atom. The molecule has 2 N–H and O–H groups in total. The van der Waals surface area contributed by atoms with E-state index in [4.69, 9.17) is 4.98 Å². The summed E-state index contributed by atoms with van der Waals surface area (Å²) in [6.45, 7) is 4.89. The largest absolute Gasteiger partial charge is 0.350 e. The standard InChI is InChI=1S/C23H22N4/c1-16-9-3-5-11-18(16)15-24-23-26-21-14-8-6-12-19(21)22(27-23)25-20-13-7-4-10-17(20)2/h3-14H,15H2,1-2H3,(H2,24,25,26,27). The number of benzene rings is 3. The van der Waals surface area contributed by atoms with Crippen molar-refractivity contribution in [3.05, 3.63) is 89.5 Å². The van der Waals surface area contributed by atoms with Crippen LogP contribution >= 0.6 is 0 Å². The summed E-state index contributed by atoms with van der Waals surface area (Å²) in [5.41, 5.74) is 5.63. The first-order valence-electron chi connectivity index (χ1n) is 9.08. The molecule has 0 fully saturated rings. The topological polar surface area (TPSA) is 49.8 Å². The zero-order chi connectivity index (χ0) is 18.6. The number of aryl methyl sites for hydroxylation is 2. The van der Waals surface area contributed by atoms with Gasteiger partial charge in [-0.3, -0.25) is 0 Å². The molecule has 0 radical (unpaired) electrons. The van der Waals surface area contributed by atoms with Crippen molar-refractivity contribution in [3.63, 3.8) is 0 Å². The van der Waals surface area contributed by atoms with Gasteiger partial charge >= 0.3 is 0 Å². The molecule has 134 valence electrons. The molecule has 0 spiro atoms. The Labute approximate surface area is 159 Å². The normalized spacial score (nSPS) is 10.7. The first kappa shape index (κ1) is 17.0. The smallest absolute Gasteiger partial charge is 0.225 e. The van der Waals surface area contributed by atoms with Gasteiger partial charge in [0.15, 0.2) is 0 Å². The Balaban J connectivity index is 1.68. The molecular formula is C23H22N4. The molecule has 1 aromatic heterocycles. The summed E-state index contributed by atoms with van der Waals surface area (Å²) in [5, 5.41) is 7.85. The average molecular weight is 354 g/mol. The van der Waals surface area contributed by atoms with Crippen molar-refractivity contribution < 1.29 is 0 Å². The van der Waals surface area contributed by atoms with Gasteiger partial charge in [0.2, 0.25) is 5.95 Å². The number of rotatable bonds is 5. The van der Waals surface area contributed by atoms with Gasteiger partial charge < -0.3 is 10.6 Å². The summed E-state index contributed by atoms with van der Waals surface area (Å²) in [7, 11) is 0. The number of fused-ring (bicyclic) bond motifs is 1. The van der Waals surface area contributed by atoms with E-state index in [-0.39, 0.29) is 0 Å². The lowest BCUT2D eigenvalue weighted by Gasteiger charge is -2.14. The van der Waals surface area contributed by atoms with E-state index >= 15 is 0 Å². The molecule has 0 saturated carbocycles. The van der Waals surface area contributed by atoms with Crippen molar-refractivity contribution in [1.29, 1.82) is 0 Å². The third-order valence-electron chi connectivity index (χ3n) is 4.70. The van der Waals surface area contributed by atoms with Gasteiger partial charge in [0.05, 0.1) is 5.52 Å². The van der Waals surface area contributed by atoms with E-state index in [1.54, 1.807) is 0 Å². The van der Waals surface area contributed by atoms with Crippen molar-refractivity contribution in [2.45, 2.75) is 20.4 Å². The van der Waals surface area contributed by atoms with Crippen LogP contribution < -0.4 is 10.6 Å². The molecule has 0 unspecified atom stereocenters. The van der Waals surface area contributed by atoms with Crippen LogP contribution in [0.2, 0.25) is 0 Å². The lowest BCUT2D eigenvalue weighted by molar-refractivity contribution is 1.06. The Morgan fingerprint density at radius 3 is 2.26 bits per heavy atom. The number of hydrogen-bond acceptors (Lipinski definition) is 4. The molecule has 0 amide bonds. The van der Waals surface area contributed by atoms with Crippen LogP contribution in [0.15, 0.2) is 72.8 Å². The molecule has 4 nitrogen and oxygen atoms in total. The zero-order valence-electron chi connectivity index (χ0n) is 15.5. The van der Waals surface area contributed by atoms with E-state index in [9.17, 15) is 0 Å². The summed E-state index contributed by atoms with van der Waals surface area (Å²) in [6.07, 6.45) is 0. The molecule has 0 aliphatic heterocycles. The molecule has 1 heterocycles. The van der Waals surface area contributed by atoms with Gasteiger partial charge in [-0.1, -0.05) is 54.6 Å². The van der Waals surface area contributed by atoms with E-state index < -0.39 is 0 Å². The number of nitrogens with one attached hydrogen (secondary N) is 2. The molecule has 0 saturated heterocycles. The van der Waals surface area contributed by atoms with Gasteiger partial charge in [-0.2, -0.15) is 4.98 Å². The van der Waals surface area contributed by atoms with Gasteiger partial charge in [-0.15, -0.1) is 0 Å². The SMILES string of the molecule is Cc1ccccc1CNc1nc(Nc2ccccc2C)c2ccccc2n1. The number of para-hydroxylation sites is 2. The molecule has 4 rings (SSSR count). The Hall–Kier alpha value is -3.40. The van der Waals surface area contributed by atoms with E-state index in [0.717, 1.165) is 22.4 Å². The van der Waals surface area contributed by atoms with E-state index in [1.165, 1.54) is 16.7 Å². The summed E-state index contributed by atoms with van der Waals surface area (Å²) < 4.78 is 0. The Bertz CT molecular complexity index is 1090. The maximum atomic E-state index is 4.75. The molecule has 3 aromatic carbocycles. The number of aromatic nitrogens is 2. The molecule has 0 atom stereocenters. The molecule has 0 aliphatic rings. The highest BCUT2D eigenvalue weighted by molar-refractivity contribution is 5.91. The summed E-state index contributed by atoms with van der Waals surface area (Å²) in [6, 6.07) is 24.6. The van der Waals surface area contributed by atoms with Crippen LogP contribution in [0.5, 0.6) is 0 Å². The highest BCUT2D eigenvalue weighted by Crippen LogP contribution is 2.26. The van der Waals surface area contributed by atoms with Gasteiger partial charge in [0.1, 0.15) is 5.82 Å². The minimum absolute atomic E-state index is 0.619. The van der Waals surface area contributed by atoms with Crippen molar-refractivity contribution >= 4 is 28.4 Å². The number of anilines is 3. The molecule has 27 heavy (non-hydrogen) atoms. The second-order valence-corrected chi connectivity index (χ2v) is 6.63. The lowest BCUT2D eigenvalue weighted by Crippen LogP contribution is -2.07. The molecular weight excluding hydrogens is 332 g/mol. The minimum Gasteiger partial charge on any atom is -0.350 e. The third kappa shape index (κ3) is 3.75. The molecule has 4 aromatic rings. The molecule has 0 bridgehead atoms. The van der Waals surface area contributed by atoms with Crippen molar-refractivity contribution in [1.82, 2.24) is 9.97 Å². The second kappa shape index (κ2) is 7.46. The van der Waals surface area contributed by atoms with Crippen molar-refractivity contribution in [2.24, 2.45) is 0 Å². The Kier molecular flexibility index (Phi) is 4.71. The highest BCUT2D eigenvalue weighted by atomic mass is 15.1. The van der Waals surface area contributed by atoms with Gasteiger partial charge in [-0.25, -0.2) is 4.98 Å². The number of nitrogens with zero attached hydrogens (tertiary/aromatic N) is 2. The van der Waals surface area contributed by atoms with Gasteiger partial charge in [0.25, 0.3) is 0 Å². The van der Waals surface area contributed by atoms with Crippen LogP contribution in [0.3, 0.4) is 0 Å². The first-order chi connectivity index (χ1) is 13.2. The predicted molar refractivity (Wildman–Crippen MR) is 113 cm³/mol. The predicted octanol–water partition coefficient (Wildman–Crippen LogP) is 5.60. The molecule has 4 heteroatoms. The van der Waals surface area contributed by atoms with E-state index in [2.05, 4.69) is 65.9 Å².